The van der Waals surface area contributed by atoms with Crippen LogP contribution in [0.5, 0.6) is 0 Å². The zero-order chi connectivity index (χ0) is 8.67. The number of rotatable bonds is 2. The number of hydrogen-bond donors (Lipinski definition) is 0. The van der Waals surface area contributed by atoms with E-state index in [0.29, 0.717) is 0 Å². The molecule has 1 saturated heterocycles. The lowest BCUT2D eigenvalue weighted by atomic mass is 10.2. The van der Waals surface area contributed by atoms with Crippen LogP contribution in [0.3, 0.4) is 0 Å². The molecular weight excluding hydrogens is 158 g/mol. The van der Waals surface area contributed by atoms with Gasteiger partial charge in [0.05, 0.1) is 0 Å². The highest BCUT2D eigenvalue weighted by atomic mass is 15.2. The third-order valence-electron chi connectivity index (χ3n) is 3.30. The van der Waals surface area contributed by atoms with Crippen LogP contribution in [0.1, 0.15) is 12.0 Å². The van der Waals surface area contributed by atoms with Gasteiger partial charge in [-0.1, -0.05) is 30.3 Å². The van der Waals surface area contributed by atoms with Crippen LogP contribution < -0.4 is 0 Å². The maximum absolute atomic E-state index is 2.59. The highest BCUT2D eigenvalue weighted by Gasteiger charge is 2.44. The van der Waals surface area contributed by atoms with Crippen molar-refractivity contribution in [2.45, 2.75) is 13.0 Å². The van der Waals surface area contributed by atoms with E-state index in [1.807, 2.05) is 0 Å². The van der Waals surface area contributed by atoms with Crippen LogP contribution in [0, 0.1) is 11.8 Å². The highest BCUT2D eigenvalue weighted by molar-refractivity contribution is 5.15. The predicted octanol–water partition coefficient (Wildman–Crippen LogP) is 2.14. The summed E-state index contributed by atoms with van der Waals surface area (Å²) >= 11 is 0. The molecule has 0 radical (unpaired) electrons. The van der Waals surface area contributed by atoms with Gasteiger partial charge in [0.2, 0.25) is 0 Å². The standard InChI is InChI=1S/C12H15N/c1-2-4-10(5-3-1)7-13-8-11-6-12(11)9-13/h1-5,11-12H,6-9H2/t11-,12+. The summed E-state index contributed by atoms with van der Waals surface area (Å²) in [5.74, 6) is 2.12. The van der Waals surface area contributed by atoms with Crippen molar-refractivity contribution in [3.63, 3.8) is 0 Å². The van der Waals surface area contributed by atoms with Crippen molar-refractivity contribution < 1.29 is 0 Å². The van der Waals surface area contributed by atoms with Crippen molar-refractivity contribution in [1.29, 1.82) is 0 Å². The van der Waals surface area contributed by atoms with Crippen LogP contribution >= 0.6 is 0 Å². The predicted molar refractivity (Wildman–Crippen MR) is 53.3 cm³/mol. The van der Waals surface area contributed by atoms with Gasteiger partial charge in [-0.15, -0.1) is 0 Å². The van der Waals surface area contributed by atoms with Gasteiger partial charge in [0.1, 0.15) is 0 Å². The van der Waals surface area contributed by atoms with Gasteiger partial charge in [0.15, 0.2) is 0 Å². The molecule has 2 fully saturated rings. The molecule has 1 aromatic rings. The van der Waals surface area contributed by atoms with Crippen LogP contribution in [-0.2, 0) is 6.54 Å². The number of fused-ring (bicyclic) bond motifs is 1. The second kappa shape index (κ2) is 2.85. The van der Waals surface area contributed by atoms with E-state index in [2.05, 4.69) is 35.2 Å². The van der Waals surface area contributed by atoms with Gasteiger partial charge in [0, 0.05) is 19.6 Å². The maximum Gasteiger partial charge on any atom is 0.0233 e. The number of hydrogen-bond acceptors (Lipinski definition) is 1. The van der Waals surface area contributed by atoms with Crippen molar-refractivity contribution in [3.8, 4) is 0 Å². The van der Waals surface area contributed by atoms with Crippen molar-refractivity contribution in [2.24, 2.45) is 11.8 Å². The Morgan fingerprint density at radius 2 is 1.77 bits per heavy atom. The fourth-order valence-corrected chi connectivity index (χ4v) is 2.47. The van der Waals surface area contributed by atoms with E-state index in [-0.39, 0.29) is 0 Å². The van der Waals surface area contributed by atoms with Crippen LogP contribution in [0.2, 0.25) is 0 Å². The molecule has 1 aliphatic heterocycles. The lowest BCUT2D eigenvalue weighted by Gasteiger charge is -2.16. The Morgan fingerprint density at radius 3 is 2.46 bits per heavy atom. The smallest absolute Gasteiger partial charge is 0.0233 e. The minimum atomic E-state index is 1.06. The van der Waals surface area contributed by atoms with E-state index in [1.54, 1.807) is 0 Å². The van der Waals surface area contributed by atoms with Crippen LogP contribution in [0.25, 0.3) is 0 Å². The normalized spacial score (nSPS) is 31.7. The molecule has 0 N–H and O–H groups in total. The Balaban J connectivity index is 1.63. The van der Waals surface area contributed by atoms with Gasteiger partial charge in [-0.05, 0) is 23.8 Å². The molecule has 2 atom stereocenters. The zero-order valence-electron chi connectivity index (χ0n) is 7.82. The third-order valence-corrected chi connectivity index (χ3v) is 3.30. The number of likely N-dealkylation sites (tertiary alicyclic amines) is 1. The number of nitrogens with zero attached hydrogens (tertiary/aromatic N) is 1. The Hall–Kier alpha value is -0.820. The van der Waals surface area contributed by atoms with Crippen molar-refractivity contribution in [2.75, 3.05) is 13.1 Å². The minimum Gasteiger partial charge on any atom is -0.299 e. The topological polar surface area (TPSA) is 3.24 Å². The van der Waals surface area contributed by atoms with E-state index >= 15 is 0 Å². The quantitative estimate of drug-likeness (QED) is 0.662. The first-order chi connectivity index (χ1) is 6.42. The molecule has 1 aliphatic carbocycles. The van der Waals surface area contributed by atoms with E-state index in [1.165, 1.54) is 25.1 Å². The zero-order valence-corrected chi connectivity index (χ0v) is 7.82. The van der Waals surface area contributed by atoms with Gasteiger partial charge in [-0.2, -0.15) is 0 Å². The van der Waals surface area contributed by atoms with Crippen molar-refractivity contribution in [1.82, 2.24) is 4.90 Å². The van der Waals surface area contributed by atoms with Gasteiger partial charge < -0.3 is 0 Å². The first-order valence-electron chi connectivity index (χ1n) is 5.18. The monoisotopic (exact) mass is 173 g/mol. The van der Waals surface area contributed by atoms with Gasteiger partial charge in [-0.25, -0.2) is 0 Å². The van der Waals surface area contributed by atoms with Crippen molar-refractivity contribution in [3.05, 3.63) is 35.9 Å². The van der Waals surface area contributed by atoms with E-state index < -0.39 is 0 Å². The lowest BCUT2D eigenvalue weighted by molar-refractivity contribution is 0.297. The molecule has 1 heterocycles. The molecule has 0 amide bonds. The van der Waals surface area contributed by atoms with E-state index in [0.717, 1.165) is 18.4 Å². The molecule has 1 saturated carbocycles. The average molecular weight is 173 g/mol. The SMILES string of the molecule is c1ccc(CN2C[C@H]3C[C@H]3C2)cc1. The van der Waals surface area contributed by atoms with E-state index in [4.69, 9.17) is 0 Å². The molecule has 0 aromatic heterocycles. The summed E-state index contributed by atoms with van der Waals surface area (Å²) in [6, 6.07) is 10.8. The van der Waals surface area contributed by atoms with Crippen molar-refractivity contribution >= 4 is 0 Å². The molecule has 1 heteroatoms. The molecule has 1 nitrogen and oxygen atoms in total. The number of benzene rings is 1. The summed E-state index contributed by atoms with van der Waals surface area (Å²) in [4.78, 5) is 2.59. The Kier molecular flexibility index (Phi) is 1.66. The molecule has 13 heavy (non-hydrogen) atoms. The van der Waals surface area contributed by atoms with Gasteiger partial charge in [0.25, 0.3) is 0 Å². The lowest BCUT2D eigenvalue weighted by Crippen LogP contribution is -2.21. The Morgan fingerprint density at radius 1 is 1.08 bits per heavy atom. The van der Waals surface area contributed by atoms with Crippen LogP contribution in [0.4, 0.5) is 0 Å². The summed E-state index contributed by atoms with van der Waals surface area (Å²) in [5.41, 5.74) is 1.46. The molecule has 0 spiro atoms. The number of piperidine rings is 1. The average Bonchev–Trinajstić information content (AvgIpc) is 2.76. The summed E-state index contributed by atoms with van der Waals surface area (Å²) in [6.07, 6.45) is 1.51. The first kappa shape index (κ1) is 7.57. The molecular formula is C12H15N. The molecule has 1 aromatic carbocycles. The summed E-state index contributed by atoms with van der Waals surface area (Å²) in [5, 5.41) is 0. The molecule has 3 rings (SSSR count). The molecule has 68 valence electrons. The second-order valence-corrected chi connectivity index (χ2v) is 4.44. The summed E-state index contributed by atoms with van der Waals surface area (Å²) in [6.45, 7) is 3.85. The molecule has 0 unspecified atom stereocenters. The summed E-state index contributed by atoms with van der Waals surface area (Å²) < 4.78 is 0. The summed E-state index contributed by atoms with van der Waals surface area (Å²) in [7, 11) is 0. The maximum atomic E-state index is 2.59. The fraction of sp³-hybridized carbons (Fsp3) is 0.500. The van der Waals surface area contributed by atoms with Crippen LogP contribution in [0.15, 0.2) is 30.3 Å². The fourth-order valence-electron chi connectivity index (χ4n) is 2.47. The minimum absolute atomic E-state index is 1.06. The molecule has 2 aliphatic rings. The highest BCUT2D eigenvalue weighted by Crippen LogP contribution is 2.45. The van der Waals surface area contributed by atoms with E-state index in [9.17, 15) is 0 Å². The van der Waals surface area contributed by atoms with Gasteiger partial charge in [-0.3, -0.25) is 4.90 Å². The Bertz CT molecular complexity index is 283. The largest absolute Gasteiger partial charge is 0.299 e. The second-order valence-electron chi connectivity index (χ2n) is 4.44. The Labute approximate surface area is 79.4 Å². The van der Waals surface area contributed by atoms with Gasteiger partial charge >= 0.3 is 0 Å². The molecule has 0 bridgehead atoms. The van der Waals surface area contributed by atoms with Crippen LogP contribution in [-0.4, -0.2) is 18.0 Å². The third kappa shape index (κ3) is 1.49. The first-order valence-corrected chi connectivity index (χ1v) is 5.18.